The zero-order valence-electron chi connectivity index (χ0n) is 26.9. The van der Waals surface area contributed by atoms with E-state index in [4.69, 9.17) is 26.8 Å². The van der Waals surface area contributed by atoms with Crippen molar-refractivity contribution in [3.05, 3.63) is 118 Å². The van der Waals surface area contributed by atoms with E-state index in [9.17, 15) is 18.0 Å². The second-order valence-electron chi connectivity index (χ2n) is 12.3. The van der Waals surface area contributed by atoms with E-state index in [0.717, 1.165) is 33.5 Å². The van der Waals surface area contributed by atoms with Crippen molar-refractivity contribution in [3.63, 3.8) is 0 Å². The van der Waals surface area contributed by atoms with Crippen molar-refractivity contribution in [3.8, 4) is 17.4 Å². The fourth-order valence-corrected chi connectivity index (χ4v) is 8.18. The van der Waals surface area contributed by atoms with Crippen LogP contribution in [0.2, 0.25) is 5.02 Å². The van der Waals surface area contributed by atoms with E-state index < -0.39 is 28.3 Å². The van der Waals surface area contributed by atoms with Crippen LogP contribution < -0.4 is 15.2 Å². The molecule has 49 heavy (non-hydrogen) atoms. The van der Waals surface area contributed by atoms with Crippen LogP contribution >= 0.6 is 11.6 Å². The minimum Gasteiger partial charge on any atom is -0.485 e. The number of hydrogen-bond acceptors (Lipinski definition) is 8. The molecule has 2 N–H and O–H groups in total. The number of carbonyl (C=O) groups excluding carboxylic acids is 2. The van der Waals surface area contributed by atoms with Crippen LogP contribution in [-0.4, -0.2) is 40.9 Å². The first-order chi connectivity index (χ1) is 23.4. The van der Waals surface area contributed by atoms with Gasteiger partial charge >= 0.3 is 0 Å². The molecular formula is C37H31ClN4O6S. The average molecular weight is 695 g/mol. The molecule has 10 nitrogen and oxygen atoms in total. The Balaban J connectivity index is 1.28. The van der Waals surface area contributed by atoms with Crippen LogP contribution in [0.1, 0.15) is 61.9 Å². The molecule has 1 fully saturated rings. The summed E-state index contributed by atoms with van der Waals surface area (Å²) in [5.41, 5.74) is 9.04. The molecule has 7 rings (SSSR count). The van der Waals surface area contributed by atoms with Gasteiger partial charge in [-0.1, -0.05) is 35.4 Å². The van der Waals surface area contributed by atoms with Gasteiger partial charge in [0.15, 0.2) is 6.61 Å². The number of nitrogens with two attached hydrogens (primary N) is 1. The Kier molecular flexibility index (Phi) is 8.12. The number of hydrogen-bond donors (Lipinski definition) is 1. The number of aryl methyl sites for hydroxylation is 3. The molecule has 1 amide bonds. The Morgan fingerprint density at radius 3 is 2.33 bits per heavy atom. The topological polar surface area (TPSA) is 143 Å². The van der Waals surface area contributed by atoms with Gasteiger partial charge in [-0.3, -0.25) is 9.59 Å². The van der Waals surface area contributed by atoms with Crippen LogP contribution in [-0.2, 0) is 10.0 Å². The smallest absolute Gasteiger partial charge is 0.268 e. The van der Waals surface area contributed by atoms with Crippen molar-refractivity contribution in [2.45, 2.75) is 44.4 Å². The van der Waals surface area contributed by atoms with Crippen LogP contribution in [0, 0.1) is 20.8 Å². The van der Waals surface area contributed by atoms with Crippen LogP contribution in [0.15, 0.2) is 83.9 Å². The first kappa shape index (κ1) is 32.3. The lowest BCUT2D eigenvalue weighted by atomic mass is 10.1. The summed E-state index contributed by atoms with van der Waals surface area (Å²) in [6.45, 7) is 4.88. The lowest BCUT2D eigenvalue weighted by Crippen LogP contribution is -2.17. The number of primary amides is 1. The van der Waals surface area contributed by atoms with Gasteiger partial charge in [0.25, 0.3) is 15.9 Å². The lowest BCUT2D eigenvalue weighted by molar-refractivity contribution is 0.0914. The second kappa shape index (κ2) is 12.3. The van der Waals surface area contributed by atoms with E-state index >= 15 is 0 Å². The minimum absolute atomic E-state index is 0.0768. The predicted octanol–water partition coefficient (Wildman–Crippen LogP) is 7.43. The Labute approximate surface area is 287 Å². The summed E-state index contributed by atoms with van der Waals surface area (Å²) < 4.78 is 41.7. The standard InChI is InChI=1S/C37H31ClN4O6S/c1-20-12-21(2)36(22(3)13-20)49(45,46)42-18-30(28-9-8-27(17-32(28)42)48-35-11-10-31(40-41-35)23-4-5-23)33(43)19-47-34-16-24-6-7-26(38)14-25(24)15-29(34)37(39)44/h6-18,23H,4-5,19H2,1-3H3,(H2,39,44). The number of ketones is 1. The third kappa shape index (κ3) is 6.23. The van der Waals surface area contributed by atoms with E-state index in [1.807, 2.05) is 13.0 Å². The third-order valence-electron chi connectivity index (χ3n) is 8.57. The van der Waals surface area contributed by atoms with Gasteiger partial charge in [-0.25, -0.2) is 12.4 Å². The molecule has 1 aliphatic carbocycles. The van der Waals surface area contributed by atoms with Crippen LogP contribution in [0.3, 0.4) is 0 Å². The summed E-state index contributed by atoms with van der Waals surface area (Å²) in [7, 11) is -4.20. The van der Waals surface area contributed by atoms with Crippen molar-refractivity contribution in [1.82, 2.24) is 14.2 Å². The summed E-state index contributed by atoms with van der Waals surface area (Å²) in [6.07, 6.45) is 3.48. The molecule has 0 aliphatic heterocycles. The molecule has 2 heterocycles. The zero-order chi connectivity index (χ0) is 34.6. The van der Waals surface area contributed by atoms with Gasteiger partial charge in [0.05, 0.1) is 21.7 Å². The van der Waals surface area contributed by atoms with Crippen molar-refractivity contribution in [1.29, 1.82) is 0 Å². The Bertz CT molecular complexity index is 2410. The molecule has 6 aromatic rings. The normalized spacial score (nSPS) is 13.1. The second-order valence-corrected chi connectivity index (χ2v) is 14.5. The van der Waals surface area contributed by atoms with Crippen molar-refractivity contribution in [2.24, 2.45) is 5.73 Å². The molecule has 2 aromatic heterocycles. The number of benzene rings is 4. The van der Waals surface area contributed by atoms with Gasteiger partial charge in [0, 0.05) is 40.2 Å². The number of amides is 1. The van der Waals surface area contributed by atoms with Crippen molar-refractivity contribution in [2.75, 3.05) is 6.61 Å². The zero-order valence-corrected chi connectivity index (χ0v) is 28.4. The van der Waals surface area contributed by atoms with Crippen LogP contribution in [0.4, 0.5) is 0 Å². The van der Waals surface area contributed by atoms with Gasteiger partial charge in [-0.05, 0) is 98.0 Å². The molecule has 12 heteroatoms. The first-order valence-electron chi connectivity index (χ1n) is 15.6. The van der Waals surface area contributed by atoms with Gasteiger partial charge in [-0.2, -0.15) is 5.10 Å². The highest BCUT2D eigenvalue weighted by atomic mass is 35.5. The molecule has 0 saturated heterocycles. The molecule has 248 valence electrons. The predicted molar refractivity (Wildman–Crippen MR) is 187 cm³/mol. The van der Waals surface area contributed by atoms with E-state index in [2.05, 4.69) is 10.2 Å². The van der Waals surface area contributed by atoms with Gasteiger partial charge < -0.3 is 15.2 Å². The number of ether oxygens (including phenoxy) is 2. The van der Waals surface area contributed by atoms with Crippen molar-refractivity contribution < 1.29 is 27.5 Å². The maximum Gasteiger partial charge on any atom is 0.268 e. The molecule has 0 spiro atoms. The molecule has 0 atom stereocenters. The molecule has 0 bridgehead atoms. The molecule has 1 aliphatic rings. The monoisotopic (exact) mass is 694 g/mol. The number of aromatic nitrogens is 3. The summed E-state index contributed by atoms with van der Waals surface area (Å²) in [4.78, 5) is 26.3. The molecule has 0 unspecified atom stereocenters. The Morgan fingerprint density at radius 1 is 0.898 bits per heavy atom. The van der Waals surface area contributed by atoms with E-state index in [1.54, 1.807) is 80.6 Å². The molecular weight excluding hydrogens is 664 g/mol. The third-order valence-corrected chi connectivity index (χ3v) is 10.8. The highest BCUT2D eigenvalue weighted by molar-refractivity contribution is 7.90. The quantitative estimate of drug-likeness (QED) is 0.146. The molecule has 1 saturated carbocycles. The highest BCUT2D eigenvalue weighted by Gasteiger charge is 2.28. The van der Waals surface area contributed by atoms with Crippen LogP contribution in [0.5, 0.6) is 17.4 Å². The molecule has 0 radical (unpaired) electrons. The fraction of sp³-hybridized carbons (Fsp3) is 0.189. The van der Waals surface area contributed by atoms with Gasteiger partial charge in [0.1, 0.15) is 11.5 Å². The summed E-state index contributed by atoms with van der Waals surface area (Å²) in [6, 6.07) is 20.3. The summed E-state index contributed by atoms with van der Waals surface area (Å²) >= 11 is 6.12. The van der Waals surface area contributed by atoms with Gasteiger partial charge in [-0.15, -0.1) is 5.10 Å². The Hall–Kier alpha value is -5.26. The fourth-order valence-electron chi connectivity index (χ4n) is 6.22. The highest BCUT2D eigenvalue weighted by Crippen LogP contribution is 2.39. The maximum absolute atomic E-state index is 14.4. The van der Waals surface area contributed by atoms with Gasteiger partial charge in [0.2, 0.25) is 11.7 Å². The van der Waals surface area contributed by atoms with Crippen molar-refractivity contribution >= 4 is 55.0 Å². The van der Waals surface area contributed by atoms with E-state index in [0.29, 0.717) is 38.6 Å². The summed E-state index contributed by atoms with van der Waals surface area (Å²) in [5.74, 6) is -0.147. The first-order valence-corrected chi connectivity index (χ1v) is 17.4. The average Bonchev–Trinajstić information content (AvgIpc) is 3.82. The van der Waals surface area contributed by atoms with E-state index in [1.165, 1.54) is 6.20 Å². The SMILES string of the molecule is Cc1cc(C)c(S(=O)(=O)n2cc(C(=O)COc3cc4ccc(Cl)cc4cc3C(N)=O)c3ccc(Oc4ccc(C5CC5)nn4)cc32)c(C)c1. The number of carbonyl (C=O) groups is 2. The maximum atomic E-state index is 14.4. The van der Waals surface area contributed by atoms with Crippen LogP contribution in [0.25, 0.3) is 21.7 Å². The largest absolute Gasteiger partial charge is 0.485 e. The minimum atomic E-state index is -4.20. The Morgan fingerprint density at radius 2 is 1.65 bits per heavy atom. The lowest BCUT2D eigenvalue weighted by Gasteiger charge is -2.14. The number of rotatable bonds is 10. The number of halogens is 1. The number of nitrogens with zero attached hydrogens (tertiary/aromatic N) is 3. The summed E-state index contributed by atoms with van der Waals surface area (Å²) in [5, 5.41) is 10.7. The van der Waals surface area contributed by atoms with E-state index in [-0.39, 0.29) is 33.2 Å². The number of Topliss-reactive ketones (excluding diaryl/α,β-unsaturated/α-hetero) is 1. The number of fused-ring (bicyclic) bond motifs is 2. The molecule has 4 aromatic carbocycles.